The van der Waals surface area contributed by atoms with Crippen LogP contribution in [0.4, 0.5) is 0 Å². The van der Waals surface area contributed by atoms with Gasteiger partial charge in [0.15, 0.2) is 0 Å². The van der Waals surface area contributed by atoms with Gasteiger partial charge >= 0.3 is 11.9 Å². The molecule has 1 aromatic rings. The molecule has 0 bridgehead atoms. The molecule has 0 atom stereocenters. The number of rotatable bonds is 4. The standard InChI is InChI=1S/C11H11BrO4/c1-16-11(15)8-6-7(2-4-9(8)12)3-5-10(13)14/h2,4,6H,3,5H2,1H3,(H,13,14). The van der Waals surface area contributed by atoms with Gasteiger partial charge in [0.05, 0.1) is 12.7 Å². The summed E-state index contributed by atoms with van der Waals surface area (Å²) in [7, 11) is 1.30. The van der Waals surface area contributed by atoms with Crippen LogP contribution < -0.4 is 0 Å². The molecule has 0 aliphatic carbocycles. The number of halogens is 1. The smallest absolute Gasteiger partial charge is 0.339 e. The molecule has 0 fully saturated rings. The lowest BCUT2D eigenvalue weighted by molar-refractivity contribution is -0.136. The van der Waals surface area contributed by atoms with Crippen LogP contribution in [-0.2, 0) is 16.0 Å². The van der Waals surface area contributed by atoms with Crippen LogP contribution in [-0.4, -0.2) is 24.2 Å². The van der Waals surface area contributed by atoms with E-state index in [2.05, 4.69) is 20.7 Å². The molecule has 4 nitrogen and oxygen atoms in total. The Kier molecular flexibility index (Phi) is 4.49. The van der Waals surface area contributed by atoms with Gasteiger partial charge in [0.25, 0.3) is 0 Å². The molecule has 1 aromatic carbocycles. The Morgan fingerprint density at radius 3 is 2.69 bits per heavy atom. The number of carbonyl (C=O) groups excluding carboxylic acids is 1. The van der Waals surface area contributed by atoms with Crippen molar-refractivity contribution in [3.8, 4) is 0 Å². The summed E-state index contributed by atoms with van der Waals surface area (Å²) >= 11 is 3.23. The zero-order valence-corrected chi connectivity index (χ0v) is 10.3. The maximum absolute atomic E-state index is 11.4. The molecule has 0 spiro atoms. The third-order valence-corrected chi connectivity index (χ3v) is 2.76. The number of hydrogen-bond acceptors (Lipinski definition) is 3. The molecule has 0 saturated heterocycles. The van der Waals surface area contributed by atoms with E-state index in [-0.39, 0.29) is 6.42 Å². The van der Waals surface area contributed by atoms with Gasteiger partial charge in [-0.3, -0.25) is 4.79 Å². The fraction of sp³-hybridized carbons (Fsp3) is 0.273. The topological polar surface area (TPSA) is 63.6 Å². The third kappa shape index (κ3) is 3.34. The first-order valence-electron chi connectivity index (χ1n) is 4.63. The predicted octanol–water partition coefficient (Wildman–Crippen LogP) is 2.25. The Bertz CT molecular complexity index is 414. The van der Waals surface area contributed by atoms with Crippen LogP contribution in [0.25, 0.3) is 0 Å². The summed E-state index contributed by atoms with van der Waals surface area (Å²) in [5, 5.41) is 8.55. The van der Waals surface area contributed by atoms with E-state index in [0.29, 0.717) is 16.5 Å². The molecule has 0 unspecified atom stereocenters. The number of ether oxygens (including phenoxy) is 1. The van der Waals surface area contributed by atoms with Crippen molar-refractivity contribution in [2.24, 2.45) is 0 Å². The summed E-state index contributed by atoms with van der Waals surface area (Å²) in [6, 6.07) is 5.13. The average molecular weight is 287 g/mol. The van der Waals surface area contributed by atoms with E-state index >= 15 is 0 Å². The first kappa shape index (κ1) is 12.7. The number of aliphatic carboxylic acids is 1. The molecule has 0 amide bonds. The van der Waals surface area contributed by atoms with Crippen LogP contribution in [0, 0.1) is 0 Å². The Morgan fingerprint density at radius 1 is 1.44 bits per heavy atom. The number of carbonyl (C=O) groups is 2. The Morgan fingerprint density at radius 2 is 2.12 bits per heavy atom. The summed E-state index contributed by atoms with van der Waals surface area (Å²) in [4.78, 5) is 21.8. The van der Waals surface area contributed by atoms with E-state index in [4.69, 9.17) is 5.11 Å². The van der Waals surface area contributed by atoms with Crippen LogP contribution in [0.15, 0.2) is 22.7 Å². The minimum atomic E-state index is -0.859. The van der Waals surface area contributed by atoms with Gasteiger partial charge in [0.1, 0.15) is 0 Å². The molecule has 0 aliphatic rings. The molecule has 16 heavy (non-hydrogen) atoms. The first-order valence-corrected chi connectivity index (χ1v) is 5.42. The summed E-state index contributed by atoms with van der Waals surface area (Å²) in [6.07, 6.45) is 0.439. The molecule has 0 radical (unpaired) electrons. The maximum atomic E-state index is 11.4. The second-order valence-corrected chi connectivity index (χ2v) is 4.05. The Hall–Kier alpha value is -1.36. The van der Waals surface area contributed by atoms with E-state index in [9.17, 15) is 9.59 Å². The van der Waals surface area contributed by atoms with Crippen molar-refractivity contribution >= 4 is 27.9 Å². The fourth-order valence-corrected chi connectivity index (χ4v) is 1.65. The highest BCUT2D eigenvalue weighted by molar-refractivity contribution is 9.10. The van der Waals surface area contributed by atoms with Gasteiger partial charge in [-0.2, -0.15) is 0 Å². The van der Waals surface area contributed by atoms with Gasteiger partial charge in [-0.1, -0.05) is 6.07 Å². The van der Waals surface area contributed by atoms with E-state index < -0.39 is 11.9 Å². The second kappa shape index (κ2) is 5.65. The highest BCUT2D eigenvalue weighted by Gasteiger charge is 2.11. The van der Waals surface area contributed by atoms with Gasteiger partial charge < -0.3 is 9.84 Å². The number of benzene rings is 1. The van der Waals surface area contributed by atoms with Crippen LogP contribution in [0.1, 0.15) is 22.3 Å². The molecule has 86 valence electrons. The van der Waals surface area contributed by atoms with Crippen LogP contribution in [0.2, 0.25) is 0 Å². The highest BCUT2D eigenvalue weighted by atomic mass is 79.9. The molecule has 5 heteroatoms. The number of aryl methyl sites for hydroxylation is 1. The molecular weight excluding hydrogens is 276 g/mol. The largest absolute Gasteiger partial charge is 0.481 e. The van der Waals surface area contributed by atoms with E-state index in [1.807, 2.05) is 0 Å². The zero-order chi connectivity index (χ0) is 12.1. The Balaban J connectivity index is 2.89. The first-order chi connectivity index (χ1) is 7.54. The minimum Gasteiger partial charge on any atom is -0.481 e. The molecule has 0 aromatic heterocycles. The molecular formula is C11H11BrO4. The number of carboxylic acids is 1. The molecule has 0 heterocycles. The highest BCUT2D eigenvalue weighted by Crippen LogP contribution is 2.20. The second-order valence-electron chi connectivity index (χ2n) is 3.20. The zero-order valence-electron chi connectivity index (χ0n) is 8.70. The summed E-state index contributed by atoms with van der Waals surface area (Å²) < 4.78 is 5.25. The lowest BCUT2D eigenvalue weighted by atomic mass is 10.1. The van der Waals surface area contributed by atoms with Crippen LogP contribution in [0.3, 0.4) is 0 Å². The molecule has 0 aliphatic heterocycles. The maximum Gasteiger partial charge on any atom is 0.339 e. The number of carboxylic acid groups (broad SMARTS) is 1. The Labute approximate surface area is 101 Å². The summed E-state index contributed by atoms with van der Waals surface area (Å²) in [6.45, 7) is 0. The molecule has 1 rings (SSSR count). The molecule has 1 N–H and O–H groups in total. The predicted molar refractivity (Wildman–Crippen MR) is 61.4 cm³/mol. The number of hydrogen-bond donors (Lipinski definition) is 1. The van der Waals surface area contributed by atoms with E-state index in [1.54, 1.807) is 18.2 Å². The number of esters is 1. The summed E-state index contributed by atoms with van der Waals surface area (Å²) in [5.41, 5.74) is 1.20. The van der Waals surface area contributed by atoms with Crippen molar-refractivity contribution in [3.63, 3.8) is 0 Å². The minimum absolute atomic E-state index is 0.0439. The summed E-state index contributed by atoms with van der Waals surface area (Å²) in [5.74, 6) is -1.30. The quantitative estimate of drug-likeness (QED) is 0.863. The normalized spacial score (nSPS) is 9.88. The van der Waals surface area contributed by atoms with Crippen LogP contribution in [0.5, 0.6) is 0 Å². The van der Waals surface area contributed by atoms with Gasteiger partial charge in [0.2, 0.25) is 0 Å². The lowest BCUT2D eigenvalue weighted by Crippen LogP contribution is -2.04. The third-order valence-electron chi connectivity index (χ3n) is 2.06. The SMILES string of the molecule is COC(=O)c1cc(CCC(=O)O)ccc1Br. The van der Waals surface area contributed by atoms with Crippen molar-refractivity contribution < 1.29 is 19.4 Å². The van der Waals surface area contributed by atoms with Gasteiger partial charge in [-0.25, -0.2) is 4.79 Å². The van der Waals surface area contributed by atoms with Crippen molar-refractivity contribution in [1.29, 1.82) is 0 Å². The average Bonchev–Trinajstić information content (AvgIpc) is 2.27. The van der Waals surface area contributed by atoms with Crippen LogP contribution >= 0.6 is 15.9 Å². The van der Waals surface area contributed by atoms with Gasteiger partial charge in [-0.05, 0) is 40.0 Å². The van der Waals surface area contributed by atoms with Gasteiger partial charge in [-0.15, -0.1) is 0 Å². The van der Waals surface area contributed by atoms with Crippen molar-refractivity contribution in [2.75, 3.05) is 7.11 Å². The monoisotopic (exact) mass is 286 g/mol. The number of methoxy groups -OCH3 is 1. The fourth-order valence-electron chi connectivity index (χ4n) is 1.25. The molecule has 0 saturated carbocycles. The van der Waals surface area contributed by atoms with Crippen molar-refractivity contribution in [3.05, 3.63) is 33.8 Å². The lowest BCUT2D eigenvalue weighted by Gasteiger charge is -2.05. The van der Waals surface area contributed by atoms with E-state index in [1.165, 1.54) is 7.11 Å². The van der Waals surface area contributed by atoms with Gasteiger partial charge in [0, 0.05) is 10.9 Å². The van der Waals surface area contributed by atoms with E-state index in [0.717, 1.165) is 5.56 Å². The van der Waals surface area contributed by atoms with Crippen molar-refractivity contribution in [2.45, 2.75) is 12.8 Å². The van der Waals surface area contributed by atoms with Crippen molar-refractivity contribution in [1.82, 2.24) is 0 Å².